The van der Waals surface area contributed by atoms with Crippen LogP contribution in [0, 0.1) is 6.92 Å². The van der Waals surface area contributed by atoms with Gasteiger partial charge in [-0.25, -0.2) is 18.1 Å². The maximum Gasteiger partial charge on any atom is 0.240 e. The van der Waals surface area contributed by atoms with E-state index < -0.39 is 10.0 Å². The summed E-state index contributed by atoms with van der Waals surface area (Å²) in [6.45, 7) is 6.26. The molecule has 0 radical (unpaired) electrons. The predicted molar refractivity (Wildman–Crippen MR) is 104 cm³/mol. The van der Waals surface area contributed by atoms with Crippen molar-refractivity contribution in [1.82, 2.24) is 9.71 Å². The molecule has 0 aliphatic carbocycles. The van der Waals surface area contributed by atoms with Gasteiger partial charge in [-0.3, -0.25) is 0 Å². The number of aryl methyl sites for hydroxylation is 1. The van der Waals surface area contributed by atoms with Crippen LogP contribution in [-0.4, -0.2) is 13.4 Å². The standard InChI is InChI=1S/C19H22N2O3S2/c1-4-13(2)15-5-8-17(9-6-15)26(22,23)20-11-16-7-10-19(24-16)18-12-25-14(3)21-18/h5-10,12-13,20H,4,11H2,1-3H3/t13-/m0/s1. The minimum Gasteiger partial charge on any atom is -0.458 e. The number of nitrogens with one attached hydrogen (secondary N) is 1. The highest BCUT2D eigenvalue weighted by molar-refractivity contribution is 7.89. The lowest BCUT2D eigenvalue weighted by Crippen LogP contribution is -2.23. The monoisotopic (exact) mass is 390 g/mol. The molecule has 0 aliphatic rings. The maximum atomic E-state index is 12.5. The lowest BCUT2D eigenvalue weighted by molar-refractivity contribution is 0.508. The summed E-state index contributed by atoms with van der Waals surface area (Å²) in [5.41, 5.74) is 1.91. The van der Waals surface area contributed by atoms with Crippen molar-refractivity contribution in [2.75, 3.05) is 0 Å². The van der Waals surface area contributed by atoms with Crippen molar-refractivity contribution in [3.63, 3.8) is 0 Å². The minimum absolute atomic E-state index is 0.0958. The van der Waals surface area contributed by atoms with E-state index in [9.17, 15) is 8.42 Å². The van der Waals surface area contributed by atoms with E-state index in [1.54, 1.807) is 35.6 Å². The SMILES string of the molecule is CC[C@H](C)c1ccc(S(=O)(=O)NCc2ccc(-c3csc(C)n3)o2)cc1. The molecule has 2 heterocycles. The molecule has 1 aromatic carbocycles. The predicted octanol–water partition coefficient (Wildman–Crippen LogP) is 4.70. The van der Waals surface area contributed by atoms with Crippen molar-refractivity contribution < 1.29 is 12.8 Å². The zero-order valence-corrected chi connectivity index (χ0v) is 16.7. The second-order valence-electron chi connectivity index (χ2n) is 6.22. The smallest absolute Gasteiger partial charge is 0.240 e. The molecule has 0 saturated carbocycles. The molecule has 0 aliphatic heterocycles. The van der Waals surface area contributed by atoms with Crippen LogP contribution in [0.4, 0.5) is 0 Å². The third-order valence-corrected chi connectivity index (χ3v) is 6.53. The normalized spacial score (nSPS) is 13.0. The van der Waals surface area contributed by atoms with Crippen molar-refractivity contribution in [3.05, 3.63) is 58.1 Å². The van der Waals surface area contributed by atoms with E-state index in [1.807, 2.05) is 24.4 Å². The first-order valence-corrected chi connectivity index (χ1v) is 10.9. The number of hydrogen-bond donors (Lipinski definition) is 1. The van der Waals surface area contributed by atoms with E-state index in [-0.39, 0.29) is 11.4 Å². The van der Waals surface area contributed by atoms with E-state index in [4.69, 9.17) is 4.42 Å². The topological polar surface area (TPSA) is 72.2 Å². The summed E-state index contributed by atoms with van der Waals surface area (Å²) >= 11 is 1.55. The Morgan fingerprint density at radius 1 is 1.19 bits per heavy atom. The molecule has 0 bridgehead atoms. The summed E-state index contributed by atoms with van der Waals surface area (Å²) in [4.78, 5) is 4.62. The van der Waals surface area contributed by atoms with E-state index in [0.29, 0.717) is 17.4 Å². The van der Waals surface area contributed by atoms with E-state index >= 15 is 0 Å². The first-order valence-electron chi connectivity index (χ1n) is 8.50. The first-order chi connectivity index (χ1) is 12.4. The third kappa shape index (κ3) is 4.23. The fraction of sp³-hybridized carbons (Fsp3) is 0.316. The molecule has 1 N–H and O–H groups in total. The number of aromatic nitrogens is 1. The van der Waals surface area contributed by atoms with Crippen LogP contribution in [0.15, 0.2) is 51.1 Å². The van der Waals surface area contributed by atoms with Crippen LogP contribution in [0.3, 0.4) is 0 Å². The van der Waals surface area contributed by atoms with Crippen LogP contribution in [-0.2, 0) is 16.6 Å². The highest BCUT2D eigenvalue weighted by Gasteiger charge is 2.16. The van der Waals surface area contributed by atoms with Crippen molar-refractivity contribution in [2.45, 2.75) is 44.6 Å². The molecular formula is C19H22N2O3S2. The van der Waals surface area contributed by atoms with Crippen LogP contribution in [0.2, 0.25) is 0 Å². The Morgan fingerprint density at radius 3 is 2.54 bits per heavy atom. The minimum atomic E-state index is -3.58. The summed E-state index contributed by atoms with van der Waals surface area (Å²) < 4.78 is 33.2. The Morgan fingerprint density at radius 2 is 1.92 bits per heavy atom. The molecular weight excluding hydrogens is 368 g/mol. The number of hydrogen-bond acceptors (Lipinski definition) is 5. The summed E-state index contributed by atoms with van der Waals surface area (Å²) in [6, 6.07) is 10.6. The van der Waals surface area contributed by atoms with Crippen molar-refractivity contribution in [1.29, 1.82) is 0 Å². The van der Waals surface area contributed by atoms with Gasteiger partial charge in [-0.1, -0.05) is 26.0 Å². The Bertz CT molecular complexity index is 972. The fourth-order valence-electron chi connectivity index (χ4n) is 2.55. The Labute approximate surface area is 158 Å². The number of benzene rings is 1. The van der Waals surface area contributed by atoms with Gasteiger partial charge in [-0.15, -0.1) is 11.3 Å². The second kappa shape index (κ2) is 7.73. The number of rotatable bonds is 7. The van der Waals surface area contributed by atoms with E-state index in [2.05, 4.69) is 23.6 Å². The van der Waals surface area contributed by atoms with Gasteiger partial charge in [0.2, 0.25) is 10.0 Å². The van der Waals surface area contributed by atoms with Gasteiger partial charge in [-0.05, 0) is 49.1 Å². The Balaban J connectivity index is 1.68. The molecule has 0 spiro atoms. The van der Waals surface area contributed by atoms with Crippen LogP contribution in [0.25, 0.3) is 11.5 Å². The zero-order chi connectivity index (χ0) is 18.7. The third-order valence-electron chi connectivity index (χ3n) is 4.34. The van der Waals surface area contributed by atoms with Gasteiger partial charge in [0.25, 0.3) is 0 Å². The number of thiazole rings is 1. The first kappa shape index (κ1) is 18.8. The van der Waals surface area contributed by atoms with Crippen molar-refractivity contribution in [3.8, 4) is 11.5 Å². The number of nitrogens with zero attached hydrogens (tertiary/aromatic N) is 1. The van der Waals surface area contributed by atoms with Gasteiger partial charge < -0.3 is 4.42 Å². The van der Waals surface area contributed by atoms with Gasteiger partial charge >= 0.3 is 0 Å². The number of furan rings is 1. The highest BCUT2D eigenvalue weighted by Crippen LogP contribution is 2.24. The average molecular weight is 391 g/mol. The second-order valence-corrected chi connectivity index (χ2v) is 9.05. The summed E-state index contributed by atoms with van der Waals surface area (Å²) in [5, 5.41) is 2.88. The largest absolute Gasteiger partial charge is 0.458 e. The summed E-state index contributed by atoms with van der Waals surface area (Å²) in [5.74, 6) is 1.60. The average Bonchev–Trinajstić information content (AvgIpc) is 3.28. The molecule has 7 heteroatoms. The molecule has 0 amide bonds. The van der Waals surface area contributed by atoms with Crippen molar-refractivity contribution in [2.24, 2.45) is 0 Å². The van der Waals surface area contributed by atoms with Gasteiger partial charge in [-0.2, -0.15) is 0 Å². The van der Waals surface area contributed by atoms with Crippen LogP contribution in [0.1, 0.15) is 42.5 Å². The molecule has 0 fully saturated rings. The lowest BCUT2D eigenvalue weighted by Gasteiger charge is -2.10. The molecule has 3 aromatic rings. The van der Waals surface area contributed by atoms with Gasteiger partial charge in [0.1, 0.15) is 11.5 Å². The summed E-state index contributed by atoms with van der Waals surface area (Å²) in [7, 11) is -3.58. The summed E-state index contributed by atoms with van der Waals surface area (Å²) in [6.07, 6.45) is 1.02. The fourth-order valence-corrected chi connectivity index (χ4v) is 4.14. The molecule has 3 rings (SSSR count). The number of sulfonamides is 1. The molecule has 1 atom stereocenters. The van der Waals surface area contributed by atoms with Crippen LogP contribution >= 0.6 is 11.3 Å². The molecule has 5 nitrogen and oxygen atoms in total. The zero-order valence-electron chi connectivity index (χ0n) is 15.0. The maximum absolute atomic E-state index is 12.5. The molecule has 0 saturated heterocycles. The van der Waals surface area contributed by atoms with Crippen LogP contribution < -0.4 is 4.72 Å². The highest BCUT2D eigenvalue weighted by atomic mass is 32.2. The van der Waals surface area contributed by atoms with E-state index in [1.165, 1.54) is 0 Å². The molecule has 0 unspecified atom stereocenters. The quantitative estimate of drug-likeness (QED) is 0.634. The van der Waals surface area contributed by atoms with Crippen molar-refractivity contribution >= 4 is 21.4 Å². The lowest BCUT2D eigenvalue weighted by atomic mass is 9.99. The molecule has 2 aromatic heterocycles. The van der Waals surface area contributed by atoms with Crippen LogP contribution in [0.5, 0.6) is 0 Å². The van der Waals surface area contributed by atoms with E-state index in [0.717, 1.165) is 22.7 Å². The Hall–Kier alpha value is -1.96. The Kier molecular flexibility index (Phi) is 5.60. The van der Waals surface area contributed by atoms with Gasteiger partial charge in [0, 0.05) is 5.38 Å². The molecule has 26 heavy (non-hydrogen) atoms. The molecule has 138 valence electrons. The van der Waals surface area contributed by atoms with Gasteiger partial charge in [0.15, 0.2) is 5.76 Å². The van der Waals surface area contributed by atoms with Gasteiger partial charge in [0.05, 0.1) is 16.4 Å².